The molecule has 0 saturated heterocycles. The van der Waals surface area contributed by atoms with Gasteiger partial charge in [-0.05, 0) is 35.2 Å². The Labute approximate surface area is 174 Å². The lowest BCUT2D eigenvalue weighted by Crippen LogP contribution is -2.27. The Morgan fingerprint density at radius 2 is 1.77 bits per heavy atom. The highest BCUT2D eigenvalue weighted by Gasteiger charge is 2.37. The van der Waals surface area contributed by atoms with Crippen molar-refractivity contribution in [3.8, 4) is 11.3 Å². The maximum absolute atomic E-state index is 13.1. The molecule has 0 bridgehead atoms. The maximum Gasteiger partial charge on any atom is 0.167 e. The van der Waals surface area contributed by atoms with Gasteiger partial charge in [0.1, 0.15) is 0 Å². The van der Waals surface area contributed by atoms with E-state index >= 15 is 0 Å². The van der Waals surface area contributed by atoms with Gasteiger partial charge in [-0.1, -0.05) is 65.8 Å². The van der Waals surface area contributed by atoms with E-state index in [4.69, 9.17) is 4.52 Å². The fourth-order valence-electron chi connectivity index (χ4n) is 4.81. The quantitative estimate of drug-likeness (QED) is 0.450. The molecule has 1 unspecified atom stereocenters. The summed E-state index contributed by atoms with van der Waals surface area (Å²) in [6, 6.07) is 24.5. The van der Waals surface area contributed by atoms with Gasteiger partial charge >= 0.3 is 0 Å². The second kappa shape index (κ2) is 6.70. The van der Waals surface area contributed by atoms with Crippen LogP contribution < -0.4 is 5.32 Å². The number of carbonyl (C=O) groups is 1. The number of aromatic nitrogens is 1. The second-order valence-corrected chi connectivity index (χ2v) is 7.96. The molecule has 0 saturated carbocycles. The van der Waals surface area contributed by atoms with Crippen LogP contribution in [0.25, 0.3) is 22.1 Å². The summed E-state index contributed by atoms with van der Waals surface area (Å²) < 4.78 is 5.74. The number of fused-ring (bicyclic) bond motifs is 3. The van der Waals surface area contributed by atoms with Crippen molar-refractivity contribution >= 4 is 22.2 Å². The van der Waals surface area contributed by atoms with E-state index in [0.29, 0.717) is 6.42 Å². The SMILES string of the molecule is O=C1CCCC2=C1C(c1cc(-c3ccccc3)on1)c1c(ccc3ccccc13)N2. The highest BCUT2D eigenvalue weighted by Crippen LogP contribution is 2.48. The van der Waals surface area contributed by atoms with Crippen molar-refractivity contribution in [3.63, 3.8) is 0 Å². The molecule has 4 nitrogen and oxygen atoms in total. The first-order chi connectivity index (χ1) is 14.8. The Bertz CT molecular complexity index is 1320. The van der Waals surface area contributed by atoms with Crippen molar-refractivity contribution in [1.29, 1.82) is 0 Å². The topological polar surface area (TPSA) is 55.1 Å². The van der Waals surface area contributed by atoms with Crippen LogP contribution in [0.4, 0.5) is 5.69 Å². The molecule has 4 aromatic rings. The lowest BCUT2D eigenvalue weighted by molar-refractivity contribution is -0.116. The second-order valence-electron chi connectivity index (χ2n) is 7.96. The summed E-state index contributed by atoms with van der Waals surface area (Å²) in [5.41, 5.74) is 5.80. The van der Waals surface area contributed by atoms with Crippen LogP contribution in [0.5, 0.6) is 0 Å². The summed E-state index contributed by atoms with van der Waals surface area (Å²) in [5, 5.41) is 10.3. The van der Waals surface area contributed by atoms with E-state index in [-0.39, 0.29) is 11.7 Å². The predicted molar refractivity (Wildman–Crippen MR) is 117 cm³/mol. The highest BCUT2D eigenvalue weighted by atomic mass is 16.5. The van der Waals surface area contributed by atoms with Crippen LogP contribution in [-0.4, -0.2) is 10.9 Å². The van der Waals surface area contributed by atoms with Crippen LogP contribution in [0, 0.1) is 0 Å². The molecule has 1 aliphatic heterocycles. The van der Waals surface area contributed by atoms with E-state index in [0.717, 1.165) is 63.2 Å². The summed E-state index contributed by atoms with van der Waals surface area (Å²) in [6.45, 7) is 0. The van der Waals surface area contributed by atoms with Gasteiger partial charge in [0.2, 0.25) is 0 Å². The Morgan fingerprint density at radius 1 is 0.933 bits per heavy atom. The number of carbonyl (C=O) groups excluding carboxylic acids is 1. The number of allylic oxidation sites excluding steroid dienone is 2. The monoisotopic (exact) mass is 392 g/mol. The molecular weight excluding hydrogens is 372 g/mol. The Kier molecular flexibility index (Phi) is 3.85. The van der Waals surface area contributed by atoms with Gasteiger partial charge < -0.3 is 9.84 Å². The van der Waals surface area contributed by atoms with E-state index in [1.165, 1.54) is 0 Å². The van der Waals surface area contributed by atoms with Crippen molar-refractivity contribution in [2.45, 2.75) is 25.2 Å². The minimum Gasteiger partial charge on any atom is -0.358 e. The Morgan fingerprint density at radius 3 is 2.67 bits per heavy atom. The van der Waals surface area contributed by atoms with E-state index in [1.54, 1.807) is 0 Å². The maximum atomic E-state index is 13.1. The molecular formula is C26H20N2O2. The van der Waals surface area contributed by atoms with E-state index in [1.807, 2.05) is 48.5 Å². The van der Waals surface area contributed by atoms with Crippen molar-refractivity contribution in [2.75, 3.05) is 5.32 Å². The van der Waals surface area contributed by atoms with Crippen LogP contribution in [-0.2, 0) is 4.79 Å². The van der Waals surface area contributed by atoms with Crippen LogP contribution in [0.2, 0.25) is 0 Å². The van der Waals surface area contributed by atoms with Gasteiger partial charge in [-0.2, -0.15) is 0 Å². The average Bonchev–Trinajstić information content (AvgIpc) is 3.28. The average molecular weight is 392 g/mol. The van der Waals surface area contributed by atoms with Crippen LogP contribution >= 0.6 is 0 Å². The molecule has 0 spiro atoms. The largest absolute Gasteiger partial charge is 0.358 e. The molecule has 3 aromatic carbocycles. The molecule has 0 amide bonds. The fourth-order valence-corrected chi connectivity index (χ4v) is 4.81. The number of hydrogen-bond donors (Lipinski definition) is 1. The Hall–Kier alpha value is -3.66. The van der Waals surface area contributed by atoms with Crippen LogP contribution in [0.1, 0.15) is 36.4 Å². The molecule has 1 aliphatic carbocycles. The van der Waals surface area contributed by atoms with Crippen molar-refractivity contribution in [2.24, 2.45) is 0 Å². The van der Waals surface area contributed by atoms with Crippen LogP contribution in [0.15, 0.2) is 88.6 Å². The fraction of sp³-hybridized carbons (Fsp3) is 0.154. The lowest BCUT2D eigenvalue weighted by atomic mass is 9.75. The number of hydrogen-bond acceptors (Lipinski definition) is 4. The number of Topliss-reactive ketones (excluding diaryl/α,β-unsaturated/α-hetero) is 1. The van der Waals surface area contributed by atoms with Crippen molar-refractivity contribution < 1.29 is 9.32 Å². The van der Waals surface area contributed by atoms with Gasteiger partial charge in [-0.25, -0.2) is 0 Å². The number of benzene rings is 3. The van der Waals surface area contributed by atoms with E-state index in [9.17, 15) is 4.79 Å². The van der Waals surface area contributed by atoms with E-state index < -0.39 is 0 Å². The smallest absolute Gasteiger partial charge is 0.167 e. The first kappa shape index (κ1) is 17.2. The highest BCUT2D eigenvalue weighted by molar-refractivity contribution is 6.03. The lowest BCUT2D eigenvalue weighted by Gasteiger charge is -2.33. The van der Waals surface area contributed by atoms with Gasteiger partial charge in [0.25, 0.3) is 0 Å². The molecule has 1 N–H and O–H groups in total. The first-order valence-corrected chi connectivity index (χ1v) is 10.4. The number of ketones is 1. The normalized spacial score (nSPS) is 18.1. The summed E-state index contributed by atoms with van der Waals surface area (Å²) >= 11 is 0. The molecule has 2 aliphatic rings. The molecule has 0 fully saturated rings. The third kappa shape index (κ3) is 2.61. The third-order valence-electron chi connectivity index (χ3n) is 6.17. The molecule has 0 radical (unpaired) electrons. The van der Waals surface area contributed by atoms with Crippen molar-refractivity contribution in [3.05, 3.63) is 95.3 Å². The van der Waals surface area contributed by atoms with Gasteiger partial charge in [0, 0.05) is 35.0 Å². The van der Waals surface area contributed by atoms with Crippen molar-refractivity contribution in [1.82, 2.24) is 5.16 Å². The first-order valence-electron chi connectivity index (χ1n) is 10.4. The number of nitrogens with zero attached hydrogens (tertiary/aromatic N) is 1. The van der Waals surface area contributed by atoms with Gasteiger partial charge in [-0.15, -0.1) is 0 Å². The molecule has 4 heteroatoms. The minimum absolute atomic E-state index is 0.205. The van der Waals surface area contributed by atoms with Gasteiger partial charge in [0.15, 0.2) is 11.5 Å². The predicted octanol–water partition coefficient (Wildman–Crippen LogP) is 6.06. The Balaban J connectivity index is 1.59. The summed E-state index contributed by atoms with van der Waals surface area (Å²) in [6.07, 6.45) is 2.35. The van der Waals surface area contributed by atoms with Gasteiger partial charge in [0.05, 0.1) is 11.6 Å². The summed E-state index contributed by atoms with van der Waals surface area (Å²) in [5.74, 6) is 0.698. The van der Waals surface area contributed by atoms with Gasteiger partial charge in [-0.3, -0.25) is 4.79 Å². The third-order valence-corrected chi connectivity index (χ3v) is 6.17. The zero-order chi connectivity index (χ0) is 20.1. The number of rotatable bonds is 2. The molecule has 1 atom stereocenters. The standard InChI is InChI=1S/C26H20N2O2/c29-22-12-6-11-19-25(22)26(21-15-23(30-28-21)17-8-2-1-3-9-17)24-18-10-5-4-7-16(18)13-14-20(24)27-19/h1-5,7-10,13-15,26-27H,6,11-12H2. The van der Waals surface area contributed by atoms with E-state index in [2.05, 4.69) is 34.7 Å². The van der Waals surface area contributed by atoms with Crippen LogP contribution in [0.3, 0.4) is 0 Å². The summed E-state index contributed by atoms with van der Waals surface area (Å²) in [7, 11) is 0. The zero-order valence-corrected chi connectivity index (χ0v) is 16.4. The number of nitrogens with one attached hydrogen (secondary N) is 1. The number of anilines is 1. The summed E-state index contributed by atoms with van der Waals surface area (Å²) in [4.78, 5) is 13.1. The molecule has 1 aromatic heterocycles. The molecule has 6 rings (SSSR count). The molecule has 2 heterocycles. The molecule has 146 valence electrons. The minimum atomic E-state index is -0.226. The molecule has 30 heavy (non-hydrogen) atoms. The zero-order valence-electron chi connectivity index (χ0n) is 16.4.